The Kier molecular flexibility index (Phi) is 7.24. The Morgan fingerprint density at radius 2 is 1.59 bits per heavy atom. The second-order valence-corrected chi connectivity index (χ2v) is 9.13. The second kappa shape index (κ2) is 9.90. The quantitative estimate of drug-likeness (QED) is 0.393. The molecule has 0 atom stereocenters. The van der Waals surface area contributed by atoms with Gasteiger partial charge in [0, 0.05) is 23.5 Å². The average molecular weight is 493 g/mol. The number of sulfonamides is 1. The van der Waals surface area contributed by atoms with E-state index in [1.54, 1.807) is 36.4 Å². The molecule has 0 spiro atoms. The van der Waals surface area contributed by atoms with Gasteiger partial charge in [-0.05, 0) is 54.1 Å². The SMILES string of the molecule is NC(=O)Nc1ccc(CNC(=O)c2cccc(NS(=O)(=O)c3ccc(Cl)c(Cl)c3)c2)cc1. The standard InChI is InChI=1S/C21H18Cl2N4O4S/c22-18-9-8-17(11-19(18)23)32(30,31)27-16-3-1-2-14(10-16)20(28)25-12-13-4-6-15(7-5-13)26-21(24)29/h1-11,27H,12H2,(H,25,28)(H3,24,26,29). The number of nitrogens with two attached hydrogens (primary N) is 1. The number of anilines is 2. The van der Waals surface area contributed by atoms with E-state index < -0.39 is 16.1 Å². The van der Waals surface area contributed by atoms with Crippen LogP contribution in [-0.2, 0) is 16.6 Å². The van der Waals surface area contributed by atoms with Gasteiger partial charge in [-0.25, -0.2) is 13.2 Å². The largest absolute Gasteiger partial charge is 0.351 e. The lowest BCUT2D eigenvalue weighted by atomic mass is 10.1. The smallest absolute Gasteiger partial charge is 0.316 e. The van der Waals surface area contributed by atoms with Crippen molar-refractivity contribution in [3.8, 4) is 0 Å². The molecule has 3 aromatic rings. The number of carbonyl (C=O) groups is 2. The first kappa shape index (κ1) is 23.4. The van der Waals surface area contributed by atoms with Crippen LogP contribution in [0.5, 0.6) is 0 Å². The van der Waals surface area contributed by atoms with E-state index in [9.17, 15) is 18.0 Å². The lowest BCUT2D eigenvalue weighted by Crippen LogP contribution is -2.23. The first-order valence-electron chi connectivity index (χ1n) is 9.15. The van der Waals surface area contributed by atoms with Gasteiger partial charge in [0.25, 0.3) is 15.9 Å². The Morgan fingerprint density at radius 1 is 0.875 bits per heavy atom. The van der Waals surface area contributed by atoms with E-state index >= 15 is 0 Å². The predicted octanol–water partition coefficient (Wildman–Crippen LogP) is 4.21. The Morgan fingerprint density at radius 3 is 2.25 bits per heavy atom. The molecule has 0 fully saturated rings. The number of hydrogen-bond donors (Lipinski definition) is 4. The molecule has 0 saturated carbocycles. The van der Waals surface area contributed by atoms with E-state index in [1.165, 1.54) is 30.3 Å². The van der Waals surface area contributed by atoms with Crippen LogP contribution in [0.3, 0.4) is 0 Å². The van der Waals surface area contributed by atoms with E-state index in [-0.39, 0.29) is 38.6 Å². The van der Waals surface area contributed by atoms with Crippen molar-refractivity contribution >= 4 is 56.5 Å². The zero-order chi connectivity index (χ0) is 23.3. The molecule has 8 nitrogen and oxygen atoms in total. The van der Waals surface area contributed by atoms with Gasteiger partial charge in [-0.15, -0.1) is 0 Å². The van der Waals surface area contributed by atoms with Crippen molar-refractivity contribution in [1.82, 2.24) is 5.32 Å². The Hall–Kier alpha value is -3.27. The van der Waals surface area contributed by atoms with Crippen LogP contribution in [0.4, 0.5) is 16.2 Å². The zero-order valence-electron chi connectivity index (χ0n) is 16.4. The Balaban J connectivity index is 1.66. The van der Waals surface area contributed by atoms with Crippen LogP contribution in [0.1, 0.15) is 15.9 Å². The summed E-state index contributed by atoms with van der Waals surface area (Å²) in [6.07, 6.45) is 0. The highest BCUT2D eigenvalue weighted by Gasteiger charge is 2.16. The number of nitrogens with one attached hydrogen (secondary N) is 3. The summed E-state index contributed by atoms with van der Waals surface area (Å²) in [6.45, 7) is 0.231. The molecule has 3 aromatic carbocycles. The van der Waals surface area contributed by atoms with Gasteiger partial charge in [-0.1, -0.05) is 41.4 Å². The molecular weight excluding hydrogens is 475 g/mol. The van der Waals surface area contributed by atoms with Crippen molar-refractivity contribution in [3.63, 3.8) is 0 Å². The van der Waals surface area contributed by atoms with Gasteiger partial charge in [-0.2, -0.15) is 0 Å². The van der Waals surface area contributed by atoms with Crippen molar-refractivity contribution in [3.05, 3.63) is 87.9 Å². The van der Waals surface area contributed by atoms with Crippen LogP contribution < -0.4 is 21.1 Å². The fraction of sp³-hybridized carbons (Fsp3) is 0.0476. The third-order valence-electron chi connectivity index (χ3n) is 4.25. The van der Waals surface area contributed by atoms with Gasteiger partial charge in [0.1, 0.15) is 0 Å². The zero-order valence-corrected chi connectivity index (χ0v) is 18.8. The molecule has 0 aromatic heterocycles. The summed E-state index contributed by atoms with van der Waals surface area (Å²) >= 11 is 11.7. The highest BCUT2D eigenvalue weighted by molar-refractivity contribution is 7.92. The summed E-state index contributed by atoms with van der Waals surface area (Å²) in [5, 5.41) is 5.55. The molecule has 0 bridgehead atoms. The lowest BCUT2D eigenvalue weighted by Gasteiger charge is -2.11. The minimum atomic E-state index is -3.93. The van der Waals surface area contributed by atoms with Gasteiger partial charge in [0.15, 0.2) is 0 Å². The van der Waals surface area contributed by atoms with E-state index in [0.29, 0.717) is 5.69 Å². The normalized spacial score (nSPS) is 10.9. The molecule has 11 heteroatoms. The number of amides is 3. The van der Waals surface area contributed by atoms with E-state index in [1.807, 2.05) is 0 Å². The van der Waals surface area contributed by atoms with Gasteiger partial charge in [0.2, 0.25) is 0 Å². The number of primary amides is 1. The topological polar surface area (TPSA) is 130 Å². The van der Waals surface area contributed by atoms with Crippen LogP contribution in [0.25, 0.3) is 0 Å². The van der Waals surface area contributed by atoms with Crippen LogP contribution in [-0.4, -0.2) is 20.4 Å². The maximum absolute atomic E-state index is 12.6. The van der Waals surface area contributed by atoms with Crippen LogP contribution in [0, 0.1) is 0 Å². The van der Waals surface area contributed by atoms with Gasteiger partial charge < -0.3 is 16.4 Å². The minimum Gasteiger partial charge on any atom is -0.351 e. The molecule has 0 saturated heterocycles. The highest BCUT2D eigenvalue weighted by Crippen LogP contribution is 2.26. The fourth-order valence-electron chi connectivity index (χ4n) is 2.71. The molecule has 0 radical (unpaired) electrons. The molecule has 0 heterocycles. The molecule has 3 amide bonds. The number of carbonyl (C=O) groups excluding carboxylic acids is 2. The molecule has 0 aliphatic carbocycles. The lowest BCUT2D eigenvalue weighted by molar-refractivity contribution is 0.0951. The molecule has 5 N–H and O–H groups in total. The first-order valence-corrected chi connectivity index (χ1v) is 11.4. The predicted molar refractivity (Wildman–Crippen MR) is 125 cm³/mol. The molecule has 0 aliphatic rings. The van der Waals surface area contributed by atoms with Crippen LogP contribution in [0.15, 0.2) is 71.6 Å². The van der Waals surface area contributed by atoms with Gasteiger partial charge >= 0.3 is 6.03 Å². The molecule has 0 unspecified atom stereocenters. The van der Waals surface area contributed by atoms with E-state index in [0.717, 1.165) is 5.56 Å². The minimum absolute atomic E-state index is 0.0592. The third-order valence-corrected chi connectivity index (χ3v) is 6.37. The van der Waals surface area contributed by atoms with E-state index in [4.69, 9.17) is 28.9 Å². The number of urea groups is 1. The summed E-state index contributed by atoms with van der Waals surface area (Å²) in [5.41, 5.74) is 6.88. The number of benzene rings is 3. The Labute approximate surface area is 194 Å². The number of rotatable bonds is 7. The maximum atomic E-state index is 12.6. The van der Waals surface area contributed by atoms with Crippen LogP contribution in [0.2, 0.25) is 10.0 Å². The number of hydrogen-bond acceptors (Lipinski definition) is 4. The summed E-state index contributed by atoms with van der Waals surface area (Å²) in [4.78, 5) is 23.3. The fourth-order valence-corrected chi connectivity index (χ4v) is 4.15. The molecule has 32 heavy (non-hydrogen) atoms. The summed E-state index contributed by atoms with van der Waals surface area (Å²) in [5.74, 6) is -0.389. The summed E-state index contributed by atoms with van der Waals surface area (Å²) < 4.78 is 27.6. The monoisotopic (exact) mass is 492 g/mol. The number of halogens is 2. The Bertz CT molecular complexity index is 1270. The molecule has 166 valence electrons. The average Bonchev–Trinajstić information content (AvgIpc) is 2.74. The highest BCUT2D eigenvalue weighted by atomic mass is 35.5. The van der Waals surface area contributed by atoms with Crippen molar-refractivity contribution in [2.75, 3.05) is 10.0 Å². The summed E-state index contributed by atoms with van der Waals surface area (Å²) in [6, 6.07) is 16.1. The molecule has 3 rings (SSSR count). The van der Waals surface area contributed by atoms with Crippen molar-refractivity contribution in [2.45, 2.75) is 11.4 Å². The van der Waals surface area contributed by atoms with Crippen molar-refractivity contribution in [2.24, 2.45) is 5.73 Å². The molecule has 0 aliphatic heterocycles. The van der Waals surface area contributed by atoms with E-state index in [2.05, 4.69) is 15.4 Å². The van der Waals surface area contributed by atoms with Crippen LogP contribution >= 0.6 is 23.2 Å². The maximum Gasteiger partial charge on any atom is 0.316 e. The van der Waals surface area contributed by atoms with Gasteiger partial charge in [0.05, 0.1) is 14.9 Å². The molecular formula is C21H18Cl2N4O4S. The second-order valence-electron chi connectivity index (χ2n) is 6.63. The van der Waals surface area contributed by atoms with Gasteiger partial charge in [-0.3, -0.25) is 9.52 Å². The first-order chi connectivity index (χ1) is 15.1. The summed E-state index contributed by atoms with van der Waals surface area (Å²) in [7, 11) is -3.93. The third kappa shape index (κ3) is 6.13. The van der Waals surface area contributed by atoms with Crippen molar-refractivity contribution < 1.29 is 18.0 Å². The van der Waals surface area contributed by atoms with Crippen molar-refractivity contribution in [1.29, 1.82) is 0 Å².